The van der Waals surface area contributed by atoms with Crippen LogP contribution in [0.25, 0.3) is 0 Å². The highest BCUT2D eigenvalue weighted by Gasteiger charge is 2.03. The van der Waals surface area contributed by atoms with Crippen molar-refractivity contribution in [3.8, 4) is 11.8 Å². The summed E-state index contributed by atoms with van der Waals surface area (Å²) in [7, 11) is 0. The monoisotopic (exact) mass is 250 g/mol. The van der Waals surface area contributed by atoms with E-state index in [0.717, 1.165) is 0 Å². The van der Waals surface area contributed by atoms with Crippen molar-refractivity contribution in [1.29, 1.82) is 5.26 Å². The molecular weight excluding hydrogens is 239 g/mol. The van der Waals surface area contributed by atoms with E-state index in [0.29, 0.717) is 17.6 Å². The van der Waals surface area contributed by atoms with E-state index < -0.39 is 6.09 Å². The highest BCUT2D eigenvalue weighted by molar-refractivity contribution is 5.64. The molecule has 0 radical (unpaired) electrons. The first-order valence-corrected chi connectivity index (χ1v) is 4.99. The zero-order valence-electron chi connectivity index (χ0n) is 9.43. The smallest absolute Gasteiger partial charge is 0.404 e. The summed E-state index contributed by atoms with van der Waals surface area (Å²) < 4.78 is 22.1. The number of nitrogens with two attached hydrogens (primary N) is 1. The van der Waals surface area contributed by atoms with Gasteiger partial charge in [-0.15, -0.1) is 0 Å². The molecule has 1 aromatic rings. The number of nitrogens with zero attached hydrogens (tertiary/aromatic N) is 1. The Morgan fingerprint density at radius 1 is 1.39 bits per heavy atom. The lowest BCUT2D eigenvalue weighted by molar-refractivity contribution is 0.162. The maximum Gasteiger partial charge on any atom is 0.404 e. The molecule has 5 nitrogen and oxygen atoms in total. The quantitative estimate of drug-likeness (QED) is 0.864. The number of ether oxygens (including phenoxy) is 2. The number of hydrogen-bond acceptors (Lipinski definition) is 4. The lowest BCUT2D eigenvalue weighted by Crippen LogP contribution is -2.16. The van der Waals surface area contributed by atoms with Crippen LogP contribution < -0.4 is 10.5 Å². The molecule has 0 aliphatic carbocycles. The van der Waals surface area contributed by atoms with Crippen LogP contribution in [0.5, 0.6) is 5.75 Å². The molecule has 2 N–H and O–H groups in total. The minimum Gasteiger partial charge on any atom is -0.489 e. The van der Waals surface area contributed by atoms with Gasteiger partial charge in [-0.3, -0.25) is 0 Å². The zero-order valence-corrected chi connectivity index (χ0v) is 9.43. The molecule has 0 saturated carbocycles. The van der Waals surface area contributed by atoms with Crippen LogP contribution in [0.4, 0.5) is 9.18 Å². The predicted octanol–water partition coefficient (Wildman–Crippen LogP) is 1.89. The molecule has 0 aliphatic rings. The maximum absolute atomic E-state index is 12.4. The fourth-order valence-corrected chi connectivity index (χ4v) is 1.07. The first-order chi connectivity index (χ1) is 8.65. The van der Waals surface area contributed by atoms with Crippen molar-refractivity contribution in [1.82, 2.24) is 0 Å². The summed E-state index contributed by atoms with van der Waals surface area (Å²) in [5, 5.41) is 8.60. The number of carbonyl (C=O) groups is 1. The van der Waals surface area contributed by atoms with Crippen molar-refractivity contribution >= 4 is 6.09 Å². The third kappa shape index (κ3) is 4.53. The summed E-state index contributed by atoms with van der Waals surface area (Å²) in [6.07, 6.45) is -0.681. The lowest BCUT2D eigenvalue weighted by atomic mass is 10.2. The number of halogens is 1. The highest BCUT2D eigenvalue weighted by Crippen LogP contribution is 2.12. The number of hydrogen-bond donors (Lipinski definition) is 1. The molecule has 18 heavy (non-hydrogen) atoms. The van der Waals surface area contributed by atoms with E-state index in [1.165, 1.54) is 0 Å². The number of primary amides is 1. The molecule has 1 aromatic carbocycles. The molecule has 0 aromatic heterocycles. The van der Waals surface area contributed by atoms with E-state index in [9.17, 15) is 9.18 Å². The molecule has 0 saturated heterocycles. The van der Waals surface area contributed by atoms with Gasteiger partial charge in [0.1, 0.15) is 19.0 Å². The van der Waals surface area contributed by atoms with Crippen molar-refractivity contribution in [3.05, 3.63) is 41.7 Å². The minimum absolute atomic E-state index is 0.0737. The number of carbonyl (C=O) groups excluding carboxylic acids is 1. The van der Waals surface area contributed by atoms with Gasteiger partial charge in [-0.25, -0.2) is 9.18 Å². The van der Waals surface area contributed by atoms with E-state index in [1.54, 1.807) is 24.3 Å². The molecule has 0 atom stereocenters. The van der Waals surface area contributed by atoms with Gasteiger partial charge < -0.3 is 15.2 Å². The van der Waals surface area contributed by atoms with Gasteiger partial charge in [-0.05, 0) is 24.3 Å². The summed E-state index contributed by atoms with van der Waals surface area (Å²) >= 11 is 0. The largest absolute Gasteiger partial charge is 0.489 e. The van der Waals surface area contributed by atoms with Crippen LogP contribution in [0.15, 0.2) is 36.2 Å². The Morgan fingerprint density at radius 3 is 2.56 bits per heavy atom. The van der Waals surface area contributed by atoms with Crippen LogP contribution in [0, 0.1) is 11.3 Å². The molecule has 0 spiro atoms. The Labute approximate surface area is 103 Å². The molecule has 1 rings (SSSR count). The second-order valence-corrected chi connectivity index (χ2v) is 3.30. The summed E-state index contributed by atoms with van der Waals surface area (Å²) in [4.78, 5) is 10.3. The van der Waals surface area contributed by atoms with Crippen LogP contribution in [-0.4, -0.2) is 19.3 Å². The first-order valence-electron chi connectivity index (χ1n) is 4.99. The molecule has 0 unspecified atom stereocenters. The SMILES string of the molecule is N#Cc1ccc(OC/C(=C\F)COC(N)=O)cc1. The Morgan fingerprint density at radius 2 is 2.06 bits per heavy atom. The predicted molar refractivity (Wildman–Crippen MR) is 61.4 cm³/mol. The second kappa shape index (κ2) is 6.91. The van der Waals surface area contributed by atoms with Gasteiger partial charge in [0.05, 0.1) is 18.0 Å². The van der Waals surface area contributed by atoms with E-state index >= 15 is 0 Å². The minimum atomic E-state index is -0.979. The third-order valence-electron chi connectivity index (χ3n) is 1.96. The van der Waals surface area contributed by atoms with E-state index in [4.69, 9.17) is 15.7 Å². The van der Waals surface area contributed by atoms with Crippen LogP contribution in [0.3, 0.4) is 0 Å². The number of rotatable bonds is 5. The van der Waals surface area contributed by atoms with E-state index in [-0.39, 0.29) is 18.8 Å². The maximum atomic E-state index is 12.4. The van der Waals surface area contributed by atoms with Crippen molar-refractivity contribution in [2.45, 2.75) is 0 Å². The van der Waals surface area contributed by atoms with E-state index in [1.807, 2.05) is 6.07 Å². The molecule has 0 aliphatic heterocycles. The van der Waals surface area contributed by atoms with Crippen LogP contribution >= 0.6 is 0 Å². The van der Waals surface area contributed by atoms with Gasteiger partial charge in [0, 0.05) is 5.57 Å². The molecule has 94 valence electrons. The standard InChI is InChI=1S/C12H11FN2O3/c13-5-10(8-18-12(15)16)7-17-11-3-1-9(6-14)2-4-11/h1-5H,7-8H2,(H2,15,16)/b10-5+. The molecule has 1 amide bonds. The molecule has 0 heterocycles. The Bertz CT molecular complexity index is 477. The van der Waals surface area contributed by atoms with Gasteiger partial charge in [-0.2, -0.15) is 5.26 Å². The Balaban J connectivity index is 2.47. The topological polar surface area (TPSA) is 85.3 Å². The Hall–Kier alpha value is -2.55. The van der Waals surface area contributed by atoms with Crippen molar-refractivity contribution in [3.63, 3.8) is 0 Å². The van der Waals surface area contributed by atoms with Gasteiger partial charge in [-0.1, -0.05) is 0 Å². The second-order valence-electron chi connectivity index (χ2n) is 3.30. The van der Waals surface area contributed by atoms with Crippen LogP contribution in [0.2, 0.25) is 0 Å². The number of amides is 1. The van der Waals surface area contributed by atoms with Crippen molar-refractivity contribution in [2.75, 3.05) is 13.2 Å². The summed E-state index contributed by atoms with van der Waals surface area (Å²) in [5.41, 5.74) is 5.39. The van der Waals surface area contributed by atoms with Gasteiger partial charge >= 0.3 is 6.09 Å². The van der Waals surface area contributed by atoms with Crippen molar-refractivity contribution in [2.24, 2.45) is 5.73 Å². The van der Waals surface area contributed by atoms with E-state index in [2.05, 4.69) is 4.74 Å². The third-order valence-corrected chi connectivity index (χ3v) is 1.96. The average molecular weight is 250 g/mol. The lowest BCUT2D eigenvalue weighted by Gasteiger charge is -2.08. The number of benzene rings is 1. The van der Waals surface area contributed by atoms with Crippen molar-refractivity contribution < 1.29 is 18.7 Å². The van der Waals surface area contributed by atoms with Crippen LogP contribution in [0.1, 0.15) is 5.56 Å². The summed E-state index contributed by atoms with van der Waals surface area (Å²) in [6.45, 7) is -0.336. The molecule has 0 fully saturated rings. The summed E-state index contributed by atoms with van der Waals surface area (Å²) in [5.74, 6) is 0.479. The first kappa shape index (κ1) is 13.5. The molecule has 0 bridgehead atoms. The van der Waals surface area contributed by atoms with Gasteiger partial charge in [0.15, 0.2) is 0 Å². The highest BCUT2D eigenvalue weighted by atomic mass is 19.1. The van der Waals surface area contributed by atoms with Gasteiger partial charge in [0.25, 0.3) is 0 Å². The average Bonchev–Trinajstić information content (AvgIpc) is 2.39. The molecule has 6 heteroatoms. The fraction of sp³-hybridized carbons (Fsp3) is 0.167. The Kier molecular flexibility index (Phi) is 5.19. The summed E-state index contributed by atoms with van der Waals surface area (Å²) in [6, 6.07) is 8.29. The fourth-order valence-electron chi connectivity index (χ4n) is 1.07. The van der Waals surface area contributed by atoms with Crippen LogP contribution in [-0.2, 0) is 4.74 Å². The zero-order chi connectivity index (χ0) is 13.4. The number of nitriles is 1. The van der Waals surface area contributed by atoms with Gasteiger partial charge in [0.2, 0.25) is 0 Å². The molecular formula is C12H11FN2O3. The normalized spacial score (nSPS) is 10.6.